The first-order valence-electron chi connectivity index (χ1n) is 6.75. The van der Waals surface area contributed by atoms with Gasteiger partial charge in [-0.3, -0.25) is 9.48 Å². The van der Waals surface area contributed by atoms with E-state index in [1.54, 1.807) is 38.6 Å². The largest absolute Gasteiger partial charge is 0.449 e. The van der Waals surface area contributed by atoms with E-state index in [-0.39, 0.29) is 5.82 Å². The molecule has 118 valence electrons. The number of anilines is 1. The zero-order valence-electron chi connectivity index (χ0n) is 13.1. The molecule has 0 aromatic carbocycles. The summed E-state index contributed by atoms with van der Waals surface area (Å²) in [5, 5.41) is 10.3. The lowest BCUT2D eigenvalue weighted by molar-refractivity contribution is -0.123. The molecule has 8 nitrogen and oxygen atoms in total. The number of esters is 1. The quantitative estimate of drug-likeness (QED) is 0.860. The van der Waals surface area contributed by atoms with Crippen LogP contribution < -0.4 is 5.32 Å². The summed E-state index contributed by atoms with van der Waals surface area (Å²) in [5.74, 6) is -0.219. The van der Waals surface area contributed by atoms with Crippen LogP contribution in [0.2, 0.25) is 0 Å². The number of aromatic nitrogens is 3. The topological polar surface area (TPSA) is 99.2 Å². The summed E-state index contributed by atoms with van der Waals surface area (Å²) in [6.45, 7) is 6.67. The second-order valence-corrected chi connectivity index (χ2v) is 5.03. The number of hydrogen-bond acceptors (Lipinski definition) is 6. The maximum atomic E-state index is 12.2. The van der Waals surface area contributed by atoms with Crippen LogP contribution in [0.3, 0.4) is 0 Å². The molecule has 1 atom stereocenters. The Morgan fingerprint density at radius 3 is 2.55 bits per heavy atom. The Morgan fingerprint density at radius 2 is 2.05 bits per heavy atom. The lowest BCUT2D eigenvalue weighted by Gasteiger charge is -2.12. The van der Waals surface area contributed by atoms with Crippen molar-refractivity contribution >= 4 is 17.7 Å². The molecule has 0 aliphatic rings. The van der Waals surface area contributed by atoms with E-state index in [0.717, 1.165) is 0 Å². The van der Waals surface area contributed by atoms with Crippen molar-refractivity contribution in [3.63, 3.8) is 0 Å². The summed E-state index contributed by atoms with van der Waals surface area (Å²) >= 11 is 0. The van der Waals surface area contributed by atoms with Crippen LogP contribution in [0.1, 0.15) is 34.4 Å². The Hall–Kier alpha value is -2.64. The van der Waals surface area contributed by atoms with Gasteiger partial charge in [0.05, 0.1) is 5.69 Å². The molecule has 2 heterocycles. The fourth-order valence-electron chi connectivity index (χ4n) is 2.00. The van der Waals surface area contributed by atoms with Gasteiger partial charge < -0.3 is 14.6 Å². The van der Waals surface area contributed by atoms with Gasteiger partial charge in [0.15, 0.2) is 11.9 Å². The molecule has 0 fully saturated rings. The summed E-state index contributed by atoms with van der Waals surface area (Å²) in [6.07, 6.45) is -0.969. The van der Waals surface area contributed by atoms with Crippen molar-refractivity contribution < 1.29 is 18.8 Å². The van der Waals surface area contributed by atoms with Crippen LogP contribution in [0.5, 0.6) is 0 Å². The van der Waals surface area contributed by atoms with E-state index in [4.69, 9.17) is 9.26 Å². The van der Waals surface area contributed by atoms with E-state index in [1.807, 2.05) is 0 Å². The maximum absolute atomic E-state index is 12.2. The van der Waals surface area contributed by atoms with E-state index in [1.165, 1.54) is 6.92 Å². The molecule has 22 heavy (non-hydrogen) atoms. The summed E-state index contributed by atoms with van der Waals surface area (Å²) < 4.78 is 11.6. The van der Waals surface area contributed by atoms with E-state index in [2.05, 4.69) is 15.6 Å². The number of ether oxygens (including phenoxy) is 1. The van der Waals surface area contributed by atoms with E-state index in [9.17, 15) is 9.59 Å². The Morgan fingerprint density at radius 1 is 1.36 bits per heavy atom. The monoisotopic (exact) mass is 306 g/mol. The van der Waals surface area contributed by atoms with Crippen molar-refractivity contribution in [2.45, 2.75) is 33.8 Å². The standard InChI is InChI=1S/C14H18N4O4/c1-7-6-11(17-22-7)15-13(19)10(4)21-14(20)12-8(2)16-18(5)9(12)3/h6,10H,1-5H3,(H,15,17,19). The fraction of sp³-hybridized carbons (Fsp3) is 0.429. The van der Waals surface area contributed by atoms with Crippen LogP contribution in [0.25, 0.3) is 0 Å². The predicted octanol–water partition coefficient (Wildman–Crippen LogP) is 1.52. The van der Waals surface area contributed by atoms with Gasteiger partial charge in [0.1, 0.15) is 11.3 Å². The molecular formula is C14H18N4O4. The number of aryl methyl sites for hydroxylation is 3. The van der Waals surface area contributed by atoms with Crippen molar-refractivity contribution in [3.05, 3.63) is 28.8 Å². The van der Waals surface area contributed by atoms with Crippen LogP contribution in [0.15, 0.2) is 10.6 Å². The van der Waals surface area contributed by atoms with Gasteiger partial charge in [0.25, 0.3) is 5.91 Å². The van der Waals surface area contributed by atoms with Gasteiger partial charge in [-0.1, -0.05) is 5.16 Å². The SMILES string of the molecule is Cc1cc(NC(=O)C(C)OC(=O)c2c(C)nn(C)c2C)no1. The predicted molar refractivity (Wildman–Crippen MR) is 77.4 cm³/mol. The third-order valence-corrected chi connectivity index (χ3v) is 3.25. The minimum atomic E-state index is -0.969. The first-order valence-corrected chi connectivity index (χ1v) is 6.75. The molecule has 0 radical (unpaired) electrons. The molecule has 0 spiro atoms. The number of carbonyl (C=O) groups is 2. The Bertz CT molecular complexity index is 716. The second-order valence-electron chi connectivity index (χ2n) is 5.03. The normalized spacial score (nSPS) is 12.0. The molecule has 0 saturated carbocycles. The van der Waals surface area contributed by atoms with Crippen molar-refractivity contribution in [2.75, 3.05) is 5.32 Å². The summed E-state index contributed by atoms with van der Waals surface area (Å²) in [6, 6.07) is 1.57. The average molecular weight is 306 g/mol. The molecular weight excluding hydrogens is 288 g/mol. The van der Waals surface area contributed by atoms with Crippen molar-refractivity contribution in [1.82, 2.24) is 14.9 Å². The number of nitrogens with zero attached hydrogens (tertiary/aromatic N) is 3. The molecule has 0 bridgehead atoms. The third kappa shape index (κ3) is 3.16. The first kappa shape index (κ1) is 15.7. The summed E-state index contributed by atoms with van der Waals surface area (Å²) in [7, 11) is 1.74. The molecule has 1 amide bonds. The van der Waals surface area contributed by atoms with E-state index < -0.39 is 18.0 Å². The smallest absolute Gasteiger partial charge is 0.342 e. The van der Waals surface area contributed by atoms with Crippen LogP contribution in [-0.4, -0.2) is 32.9 Å². The minimum absolute atomic E-state index is 0.277. The van der Waals surface area contributed by atoms with Gasteiger partial charge >= 0.3 is 5.97 Å². The number of nitrogens with one attached hydrogen (secondary N) is 1. The van der Waals surface area contributed by atoms with Crippen molar-refractivity contribution in [1.29, 1.82) is 0 Å². The molecule has 0 aliphatic heterocycles. The number of amides is 1. The van der Waals surface area contributed by atoms with Gasteiger partial charge in [0.2, 0.25) is 0 Å². The maximum Gasteiger partial charge on any atom is 0.342 e. The van der Waals surface area contributed by atoms with E-state index in [0.29, 0.717) is 22.7 Å². The number of carbonyl (C=O) groups excluding carboxylic acids is 2. The highest BCUT2D eigenvalue weighted by Crippen LogP contribution is 2.15. The van der Waals surface area contributed by atoms with E-state index >= 15 is 0 Å². The van der Waals surface area contributed by atoms with Gasteiger partial charge in [-0.2, -0.15) is 5.10 Å². The van der Waals surface area contributed by atoms with Gasteiger partial charge in [0, 0.05) is 18.8 Å². The lowest BCUT2D eigenvalue weighted by Crippen LogP contribution is -2.30. The molecule has 0 aliphatic carbocycles. The second kappa shape index (κ2) is 6.00. The first-order chi connectivity index (χ1) is 10.3. The number of hydrogen-bond donors (Lipinski definition) is 1. The minimum Gasteiger partial charge on any atom is -0.449 e. The molecule has 0 saturated heterocycles. The fourth-order valence-corrected chi connectivity index (χ4v) is 2.00. The van der Waals surface area contributed by atoms with Gasteiger partial charge in [-0.15, -0.1) is 0 Å². The highest BCUT2D eigenvalue weighted by Gasteiger charge is 2.24. The Labute approximate surface area is 127 Å². The van der Waals surface area contributed by atoms with Crippen LogP contribution in [-0.2, 0) is 16.6 Å². The van der Waals surface area contributed by atoms with Crippen LogP contribution >= 0.6 is 0 Å². The molecule has 2 aromatic heterocycles. The van der Waals surface area contributed by atoms with Gasteiger partial charge in [-0.25, -0.2) is 4.79 Å². The molecule has 8 heteroatoms. The highest BCUT2D eigenvalue weighted by molar-refractivity contribution is 5.97. The molecule has 2 aromatic rings. The molecule has 1 N–H and O–H groups in total. The van der Waals surface area contributed by atoms with Gasteiger partial charge in [-0.05, 0) is 27.7 Å². The van der Waals surface area contributed by atoms with Crippen LogP contribution in [0.4, 0.5) is 5.82 Å². The third-order valence-electron chi connectivity index (χ3n) is 3.25. The lowest BCUT2D eigenvalue weighted by atomic mass is 10.2. The Balaban J connectivity index is 2.03. The zero-order chi connectivity index (χ0) is 16.4. The highest BCUT2D eigenvalue weighted by atomic mass is 16.5. The van der Waals surface area contributed by atoms with Crippen LogP contribution in [0, 0.1) is 20.8 Å². The zero-order valence-corrected chi connectivity index (χ0v) is 13.1. The average Bonchev–Trinajstić information content (AvgIpc) is 2.93. The Kier molecular flexibility index (Phi) is 4.30. The number of rotatable bonds is 4. The van der Waals surface area contributed by atoms with Crippen molar-refractivity contribution in [3.8, 4) is 0 Å². The molecule has 1 unspecified atom stereocenters. The molecule has 2 rings (SSSR count). The summed E-state index contributed by atoms with van der Waals surface area (Å²) in [5.41, 5.74) is 1.62. The van der Waals surface area contributed by atoms with Crippen molar-refractivity contribution in [2.24, 2.45) is 7.05 Å². The summed E-state index contributed by atoms with van der Waals surface area (Å²) in [4.78, 5) is 24.2.